The van der Waals surface area contributed by atoms with Crippen molar-refractivity contribution >= 4 is 11.7 Å². The van der Waals surface area contributed by atoms with Crippen molar-refractivity contribution < 1.29 is 14.4 Å². The van der Waals surface area contributed by atoms with Gasteiger partial charge in [-0.25, -0.2) is 5.48 Å². The van der Waals surface area contributed by atoms with Crippen LogP contribution in [0.4, 0.5) is 0 Å². The summed E-state index contributed by atoms with van der Waals surface area (Å²) >= 11 is 0. The van der Waals surface area contributed by atoms with Crippen LogP contribution in [0.3, 0.4) is 0 Å². The summed E-state index contributed by atoms with van der Waals surface area (Å²) in [6, 6.07) is 7.48. The minimum Gasteiger partial charge on any atom is -0.369 e. The number of rotatable bonds is 4. The fourth-order valence-electron chi connectivity index (χ4n) is 3.44. The quantitative estimate of drug-likeness (QED) is 0.865. The molecule has 1 heterocycles. The molecule has 0 aromatic heterocycles. The van der Waals surface area contributed by atoms with Gasteiger partial charge in [0.15, 0.2) is 5.78 Å². The van der Waals surface area contributed by atoms with E-state index in [9.17, 15) is 9.59 Å². The highest BCUT2D eigenvalue weighted by atomic mass is 16.6. The molecule has 1 aliphatic carbocycles. The SMILES string of the molecule is CONC(=O)c1ccc(CN2C=C(C)C3=C(CCCC3=O)C2)cc1. The molecule has 0 spiro atoms. The van der Waals surface area contributed by atoms with Gasteiger partial charge in [-0.15, -0.1) is 0 Å². The normalized spacial score (nSPS) is 17.5. The van der Waals surface area contributed by atoms with Gasteiger partial charge in [0.2, 0.25) is 0 Å². The topological polar surface area (TPSA) is 58.6 Å². The zero-order valence-corrected chi connectivity index (χ0v) is 14.1. The van der Waals surface area contributed by atoms with Crippen molar-refractivity contribution in [1.82, 2.24) is 10.4 Å². The highest BCUT2D eigenvalue weighted by Crippen LogP contribution is 2.31. The number of allylic oxidation sites excluding steroid dienone is 2. The summed E-state index contributed by atoms with van der Waals surface area (Å²) < 4.78 is 0. The molecule has 0 atom stereocenters. The standard InChI is InChI=1S/C19H22N2O3/c1-13-10-21(12-16-4-3-5-17(22)18(13)16)11-14-6-8-15(9-7-14)19(23)20-24-2/h6-10H,3-5,11-12H2,1-2H3,(H,20,23). The number of benzene rings is 1. The predicted molar refractivity (Wildman–Crippen MR) is 91.0 cm³/mol. The van der Waals surface area contributed by atoms with Crippen LogP contribution in [0.1, 0.15) is 42.1 Å². The summed E-state index contributed by atoms with van der Waals surface area (Å²) in [5, 5.41) is 0. The number of nitrogens with one attached hydrogen (secondary N) is 1. The number of ketones is 1. The number of amides is 1. The van der Waals surface area contributed by atoms with Crippen molar-refractivity contribution in [2.45, 2.75) is 32.7 Å². The van der Waals surface area contributed by atoms with E-state index in [0.717, 1.165) is 42.6 Å². The number of carbonyl (C=O) groups is 2. The lowest BCUT2D eigenvalue weighted by Crippen LogP contribution is -2.29. The lowest BCUT2D eigenvalue weighted by molar-refractivity contribution is -0.115. The Hall–Kier alpha value is -2.40. The summed E-state index contributed by atoms with van der Waals surface area (Å²) in [6.07, 6.45) is 4.73. The number of hydroxylamine groups is 1. The van der Waals surface area contributed by atoms with Crippen molar-refractivity contribution in [3.8, 4) is 0 Å². The molecular weight excluding hydrogens is 304 g/mol. The van der Waals surface area contributed by atoms with Crippen molar-refractivity contribution in [3.63, 3.8) is 0 Å². The van der Waals surface area contributed by atoms with E-state index in [2.05, 4.69) is 21.4 Å². The van der Waals surface area contributed by atoms with Crippen LogP contribution < -0.4 is 5.48 Å². The molecule has 2 aliphatic rings. The van der Waals surface area contributed by atoms with E-state index in [1.807, 2.05) is 19.1 Å². The van der Waals surface area contributed by atoms with E-state index in [-0.39, 0.29) is 11.7 Å². The van der Waals surface area contributed by atoms with Gasteiger partial charge in [0.1, 0.15) is 0 Å². The Labute approximate surface area is 141 Å². The van der Waals surface area contributed by atoms with Crippen LogP contribution >= 0.6 is 0 Å². The van der Waals surface area contributed by atoms with Crippen LogP contribution in [-0.2, 0) is 16.2 Å². The minimum atomic E-state index is -0.256. The Bertz CT molecular complexity index is 717. The summed E-state index contributed by atoms with van der Waals surface area (Å²) in [4.78, 5) is 30.6. The molecule has 24 heavy (non-hydrogen) atoms. The smallest absolute Gasteiger partial charge is 0.274 e. The number of nitrogens with zero attached hydrogens (tertiary/aromatic N) is 1. The Morgan fingerprint density at radius 2 is 2.00 bits per heavy atom. The molecule has 0 fully saturated rings. The van der Waals surface area contributed by atoms with E-state index in [1.54, 1.807) is 12.1 Å². The lowest BCUT2D eigenvalue weighted by atomic mass is 9.85. The molecule has 5 heteroatoms. The average molecular weight is 326 g/mol. The van der Waals surface area contributed by atoms with Crippen LogP contribution in [0.2, 0.25) is 0 Å². The second kappa shape index (κ2) is 7.01. The summed E-state index contributed by atoms with van der Waals surface area (Å²) in [6.45, 7) is 3.59. The lowest BCUT2D eigenvalue weighted by Gasteiger charge is -2.32. The maximum atomic E-state index is 12.1. The number of carbonyl (C=O) groups excluding carboxylic acids is 2. The van der Waals surface area contributed by atoms with Gasteiger partial charge in [0.25, 0.3) is 5.91 Å². The first-order valence-corrected chi connectivity index (χ1v) is 8.19. The van der Waals surface area contributed by atoms with Crippen molar-refractivity contribution in [2.24, 2.45) is 0 Å². The highest BCUT2D eigenvalue weighted by molar-refractivity contribution is 6.01. The van der Waals surface area contributed by atoms with Crippen LogP contribution in [0.15, 0.2) is 47.2 Å². The molecule has 1 aromatic rings. The van der Waals surface area contributed by atoms with Crippen molar-refractivity contribution in [1.29, 1.82) is 0 Å². The molecule has 1 aromatic carbocycles. The molecular formula is C19H22N2O3. The molecule has 5 nitrogen and oxygen atoms in total. The Kier molecular flexibility index (Phi) is 4.81. The molecule has 0 saturated heterocycles. The molecule has 0 unspecified atom stereocenters. The van der Waals surface area contributed by atoms with E-state index >= 15 is 0 Å². The van der Waals surface area contributed by atoms with E-state index in [4.69, 9.17) is 0 Å². The zero-order valence-electron chi connectivity index (χ0n) is 14.1. The molecule has 1 aliphatic heterocycles. The Morgan fingerprint density at radius 3 is 2.71 bits per heavy atom. The number of hydrogen-bond acceptors (Lipinski definition) is 4. The average Bonchev–Trinajstić information content (AvgIpc) is 2.55. The van der Waals surface area contributed by atoms with Gasteiger partial charge >= 0.3 is 0 Å². The first-order valence-electron chi connectivity index (χ1n) is 8.19. The fourth-order valence-corrected chi connectivity index (χ4v) is 3.44. The largest absolute Gasteiger partial charge is 0.369 e. The summed E-state index contributed by atoms with van der Waals surface area (Å²) in [7, 11) is 1.41. The monoisotopic (exact) mass is 326 g/mol. The van der Waals surface area contributed by atoms with Crippen LogP contribution in [0.25, 0.3) is 0 Å². The minimum absolute atomic E-state index is 0.256. The first-order chi connectivity index (χ1) is 11.6. The van der Waals surface area contributed by atoms with E-state index in [1.165, 1.54) is 12.7 Å². The van der Waals surface area contributed by atoms with Gasteiger partial charge < -0.3 is 4.90 Å². The maximum absolute atomic E-state index is 12.1. The molecule has 126 valence electrons. The molecule has 0 saturated carbocycles. The van der Waals surface area contributed by atoms with Crippen molar-refractivity contribution in [3.05, 3.63) is 58.3 Å². The van der Waals surface area contributed by atoms with E-state index < -0.39 is 0 Å². The second-order valence-electron chi connectivity index (χ2n) is 6.30. The van der Waals surface area contributed by atoms with Gasteiger partial charge in [-0.05, 0) is 48.6 Å². The molecule has 3 rings (SSSR count). The van der Waals surface area contributed by atoms with Crippen LogP contribution in [0.5, 0.6) is 0 Å². The predicted octanol–water partition coefficient (Wildman–Crippen LogP) is 2.75. The Balaban J connectivity index is 1.69. The van der Waals surface area contributed by atoms with Crippen LogP contribution in [0, 0.1) is 0 Å². The van der Waals surface area contributed by atoms with Gasteiger partial charge in [-0.1, -0.05) is 12.1 Å². The summed E-state index contributed by atoms with van der Waals surface area (Å²) in [5.74, 6) is 0.0337. The van der Waals surface area contributed by atoms with E-state index in [0.29, 0.717) is 12.0 Å². The maximum Gasteiger partial charge on any atom is 0.274 e. The molecule has 1 N–H and O–H groups in total. The fraction of sp³-hybridized carbons (Fsp3) is 0.368. The Morgan fingerprint density at radius 1 is 1.25 bits per heavy atom. The third-order valence-corrected chi connectivity index (χ3v) is 4.48. The first kappa shape index (κ1) is 16.5. The summed E-state index contributed by atoms with van der Waals surface area (Å²) in [5.41, 5.74) is 7.29. The molecule has 0 bridgehead atoms. The van der Waals surface area contributed by atoms with Gasteiger partial charge in [-0.3, -0.25) is 14.4 Å². The van der Waals surface area contributed by atoms with Gasteiger partial charge in [-0.2, -0.15) is 0 Å². The van der Waals surface area contributed by atoms with Gasteiger partial charge in [0.05, 0.1) is 7.11 Å². The van der Waals surface area contributed by atoms with Gasteiger partial charge in [0, 0.05) is 36.8 Å². The number of hydrogen-bond donors (Lipinski definition) is 1. The third-order valence-electron chi connectivity index (χ3n) is 4.48. The molecule has 0 radical (unpaired) electrons. The van der Waals surface area contributed by atoms with Crippen molar-refractivity contribution in [2.75, 3.05) is 13.7 Å². The highest BCUT2D eigenvalue weighted by Gasteiger charge is 2.26. The molecule has 1 amide bonds. The van der Waals surface area contributed by atoms with Crippen LogP contribution in [-0.4, -0.2) is 30.2 Å². The second-order valence-corrected chi connectivity index (χ2v) is 6.30. The zero-order chi connectivity index (χ0) is 17.1. The third kappa shape index (κ3) is 3.41. The number of Topliss-reactive ketones (excluding diaryl/α,β-unsaturated/α-hetero) is 1.